The maximum absolute atomic E-state index is 12.0. The van der Waals surface area contributed by atoms with Gasteiger partial charge in [0.1, 0.15) is 5.75 Å². The van der Waals surface area contributed by atoms with Gasteiger partial charge in [-0.1, -0.05) is 18.2 Å². The van der Waals surface area contributed by atoms with Crippen molar-refractivity contribution < 1.29 is 9.53 Å². The number of hydrogen-bond donors (Lipinski definition) is 1. The van der Waals surface area contributed by atoms with Crippen LogP contribution in [0, 0.1) is 6.92 Å². The topological polar surface area (TPSA) is 38.3 Å². The van der Waals surface area contributed by atoms with Crippen LogP contribution in [-0.2, 0) is 11.2 Å². The molecule has 2 heterocycles. The fourth-order valence-electron chi connectivity index (χ4n) is 2.61. The Bertz CT molecular complexity index is 635. The Balaban J connectivity index is 1.48. The highest BCUT2D eigenvalue weighted by atomic mass is 32.1. The van der Waals surface area contributed by atoms with Crippen molar-refractivity contribution in [2.75, 3.05) is 13.2 Å². The molecule has 1 aromatic heterocycles. The van der Waals surface area contributed by atoms with Crippen LogP contribution in [0.2, 0.25) is 0 Å². The fraction of sp³-hybridized carbons (Fsp3) is 0.353. The van der Waals surface area contributed by atoms with Crippen LogP contribution >= 0.6 is 11.3 Å². The Labute approximate surface area is 129 Å². The molecule has 3 nitrogen and oxygen atoms in total. The molecular formula is C17H19NO2S. The summed E-state index contributed by atoms with van der Waals surface area (Å²) >= 11 is 1.73. The average molecular weight is 301 g/mol. The van der Waals surface area contributed by atoms with E-state index in [4.69, 9.17) is 4.74 Å². The van der Waals surface area contributed by atoms with E-state index in [0.717, 1.165) is 12.2 Å². The second-order valence-corrected chi connectivity index (χ2v) is 6.38. The summed E-state index contributed by atoms with van der Waals surface area (Å²) in [7, 11) is 0. The van der Waals surface area contributed by atoms with Crippen LogP contribution in [0.15, 0.2) is 35.7 Å². The molecule has 1 unspecified atom stereocenters. The van der Waals surface area contributed by atoms with Crippen LogP contribution in [0.3, 0.4) is 0 Å². The first-order valence-electron chi connectivity index (χ1n) is 7.25. The summed E-state index contributed by atoms with van der Waals surface area (Å²) < 4.78 is 5.63. The van der Waals surface area contributed by atoms with E-state index in [-0.39, 0.29) is 11.8 Å². The van der Waals surface area contributed by atoms with Gasteiger partial charge in [0.2, 0.25) is 5.91 Å². The van der Waals surface area contributed by atoms with E-state index >= 15 is 0 Å². The number of fused-ring (bicyclic) bond motifs is 1. The Hall–Kier alpha value is -1.81. The molecule has 1 aromatic carbocycles. The number of nitrogens with one attached hydrogen (secondary N) is 1. The van der Waals surface area contributed by atoms with Gasteiger partial charge in [0.05, 0.1) is 6.61 Å². The van der Waals surface area contributed by atoms with Crippen molar-refractivity contribution in [1.82, 2.24) is 5.32 Å². The lowest BCUT2D eigenvalue weighted by Crippen LogP contribution is -2.29. The number of amides is 1. The minimum absolute atomic E-state index is 0.118. The molecule has 0 spiro atoms. The minimum atomic E-state index is 0.118. The van der Waals surface area contributed by atoms with Crippen LogP contribution < -0.4 is 10.1 Å². The van der Waals surface area contributed by atoms with Gasteiger partial charge in [-0.15, -0.1) is 11.3 Å². The molecule has 4 heteroatoms. The number of ether oxygens (including phenoxy) is 1. The zero-order valence-corrected chi connectivity index (χ0v) is 12.9. The van der Waals surface area contributed by atoms with Gasteiger partial charge in [-0.05, 0) is 36.4 Å². The molecule has 21 heavy (non-hydrogen) atoms. The third kappa shape index (κ3) is 3.27. The van der Waals surface area contributed by atoms with E-state index in [1.54, 1.807) is 11.3 Å². The fourth-order valence-corrected chi connectivity index (χ4v) is 3.52. The van der Waals surface area contributed by atoms with Crippen LogP contribution in [0.5, 0.6) is 5.75 Å². The van der Waals surface area contributed by atoms with E-state index in [1.165, 1.54) is 16.0 Å². The molecule has 0 bridgehead atoms. The molecular weight excluding hydrogens is 282 g/mol. The average Bonchev–Trinajstić information content (AvgIpc) is 3.09. The standard InChI is InChI=1S/C17H19NO2S/c1-12-8-9-21-16(12)6-7-17(19)18-10-13-11-20-15-5-3-2-4-14(13)15/h2-5,8-9,13H,6-7,10-11H2,1H3,(H,18,19). The number of carbonyl (C=O) groups excluding carboxylic acids is 1. The highest BCUT2D eigenvalue weighted by Gasteiger charge is 2.23. The predicted octanol–water partition coefficient (Wildman–Crippen LogP) is 3.28. The Morgan fingerprint density at radius 2 is 2.24 bits per heavy atom. The van der Waals surface area contributed by atoms with Gasteiger partial charge in [0, 0.05) is 29.3 Å². The monoisotopic (exact) mass is 301 g/mol. The van der Waals surface area contributed by atoms with Gasteiger partial charge in [-0.25, -0.2) is 0 Å². The van der Waals surface area contributed by atoms with Crippen molar-refractivity contribution >= 4 is 17.2 Å². The molecule has 0 saturated heterocycles. The summed E-state index contributed by atoms with van der Waals surface area (Å²) in [6.07, 6.45) is 1.38. The summed E-state index contributed by atoms with van der Waals surface area (Å²) in [5.41, 5.74) is 2.48. The summed E-state index contributed by atoms with van der Waals surface area (Å²) in [4.78, 5) is 13.3. The maximum atomic E-state index is 12.0. The molecule has 0 aliphatic carbocycles. The molecule has 110 valence electrons. The largest absolute Gasteiger partial charge is 0.493 e. The molecule has 1 amide bonds. The molecule has 0 saturated carbocycles. The summed E-state index contributed by atoms with van der Waals surface area (Å²) in [6, 6.07) is 10.2. The highest BCUT2D eigenvalue weighted by molar-refractivity contribution is 7.10. The quantitative estimate of drug-likeness (QED) is 0.920. The first-order valence-corrected chi connectivity index (χ1v) is 8.13. The van der Waals surface area contributed by atoms with E-state index in [0.29, 0.717) is 19.6 Å². The first kappa shape index (κ1) is 14.1. The smallest absolute Gasteiger partial charge is 0.220 e. The highest BCUT2D eigenvalue weighted by Crippen LogP contribution is 2.32. The number of rotatable bonds is 5. The molecule has 0 fully saturated rings. The Morgan fingerprint density at radius 1 is 1.38 bits per heavy atom. The van der Waals surface area contributed by atoms with Gasteiger partial charge in [0.15, 0.2) is 0 Å². The number of aryl methyl sites for hydroxylation is 2. The van der Waals surface area contributed by atoms with Crippen molar-refractivity contribution in [3.05, 3.63) is 51.7 Å². The van der Waals surface area contributed by atoms with Crippen molar-refractivity contribution in [2.45, 2.75) is 25.7 Å². The third-order valence-corrected chi connectivity index (χ3v) is 4.97. The van der Waals surface area contributed by atoms with Crippen LogP contribution in [0.4, 0.5) is 0 Å². The van der Waals surface area contributed by atoms with Crippen molar-refractivity contribution in [3.63, 3.8) is 0 Å². The predicted molar refractivity (Wildman–Crippen MR) is 85.1 cm³/mol. The van der Waals surface area contributed by atoms with Gasteiger partial charge in [-0.2, -0.15) is 0 Å². The summed E-state index contributed by atoms with van der Waals surface area (Å²) in [5, 5.41) is 5.11. The van der Waals surface area contributed by atoms with Gasteiger partial charge >= 0.3 is 0 Å². The van der Waals surface area contributed by atoms with Gasteiger partial charge in [0.25, 0.3) is 0 Å². The molecule has 3 rings (SSSR count). The summed E-state index contributed by atoms with van der Waals surface area (Å²) in [6.45, 7) is 3.40. The summed E-state index contributed by atoms with van der Waals surface area (Å²) in [5.74, 6) is 1.34. The number of para-hydroxylation sites is 1. The zero-order valence-electron chi connectivity index (χ0n) is 12.1. The van der Waals surface area contributed by atoms with Crippen LogP contribution in [0.1, 0.15) is 28.3 Å². The van der Waals surface area contributed by atoms with Gasteiger partial charge in [-0.3, -0.25) is 4.79 Å². The van der Waals surface area contributed by atoms with Crippen molar-refractivity contribution in [2.24, 2.45) is 0 Å². The molecule has 1 aliphatic rings. The van der Waals surface area contributed by atoms with E-state index in [9.17, 15) is 4.79 Å². The molecule has 0 radical (unpaired) electrons. The zero-order chi connectivity index (χ0) is 14.7. The lowest BCUT2D eigenvalue weighted by Gasteiger charge is -2.10. The number of hydrogen-bond acceptors (Lipinski definition) is 3. The Kier molecular flexibility index (Phi) is 4.25. The number of benzene rings is 1. The molecule has 1 N–H and O–H groups in total. The molecule has 1 atom stereocenters. The van der Waals surface area contributed by atoms with Crippen LogP contribution in [-0.4, -0.2) is 19.1 Å². The number of thiophene rings is 1. The Morgan fingerprint density at radius 3 is 3.05 bits per heavy atom. The first-order chi connectivity index (χ1) is 10.2. The van der Waals surface area contributed by atoms with E-state index in [1.807, 2.05) is 18.2 Å². The molecule has 2 aromatic rings. The lowest BCUT2D eigenvalue weighted by atomic mass is 10.0. The second kappa shape index (κ2) is 6.31. The van der Waals surface area contributed by atoms with Crippen molar-refractivity contribution in [3.8, 4) is 5.75 Å². The SMILES string of the molecule is Cc1ccsc1CCC(=O)NCC1COc2ccccc21. The van der Waals surface area contributed by atoms with Crippen LogP contribution in [0.25, 0.3) is 0 Å². The normalized spacial score (nSPS) is 16.3. The van der Waals surface area contributed by atoms with E-state index in [2.05, 4.69) is 29.8 Å². The minimum Gasteiger partial charge on any atom is -0.493 e. The third-order valence-electron chi connectivity index (χ3n) is 3.89. The molecule has 1 aliphatic heterocycles. The number of carbonyl (C=O) groups is 1. The lowest BCUT2D eigenvalue weighted by molar-refractivity contribution is -0.121. The maximum Gasteiger partial charge on any atom is 0.220 e. The van der Waals surface area contributed by atoms with Crippen molar-refractivity contribution in [1.29, 1.82) is 0 Å². The van der Waals surface area contributed by atoms with Gasteiger partial charge < -0.3 is 10.1 Å². The van der Waals surface area contributed by atoms with E-state index < -0.39 is 0 Å². The second-order valence-electron chi connectivity index (χ2n) is 5.38.